The largest absolute Gasteiger partial charge is 0.228 e. The molecule has 8 rings (SSSR count). The van der Waals surface area contributed by atoms with E-state index < -0.39 is 0 Å². The van der Waals surface area contributed by atoms with Crippen molar-refractivity contribution in [1.82, 2.24) is 9.97 Å². The molecule has 1 heterocycles. The number of allylic oxidation sites excluding steroid dienone is 5. The van der Waals surface area contributed by atoms with Crippen LogP contribution in [0.25, 0.3) is 66.3 Å². The summed E-state index contributed by atoms with van der Waals surface area (Å²) in [4.78, 5) is 10.4. The van der Waals surface area contributed by atoms with Crippen LogP contribution < -0.4 is 0 Å². The van der Waals surface area contributed by atoms with E-state index in [1.165, 1.54) is 49.4 Å². The number of benzene rings is 6. The topological polar surface area (TPSA) is 25.8 Å². The first-order valence-electron chi connectivity index (χ1n) is 16.5. The smallest absolute Gasteiger partial charge is 0.156 e. The van der Waals surface area contributed by atoms with Crippen LogP contribution in [-0.2, 0) is 5.41 Å². The molecule has 2 nitrogen and oxygen atoms in total. The van der Waals surface area contributed by atoms with Crippen LogP contribution in [0.3, 0.4) is 0 Å². The van der Waals surface area contributed by atoms with Crippen molar-refractivity contribution >= 4 is 32.7 Å². The minimum absolute atomic E-state index is 0.120. The number of nitrogens with zero attached hydrogens (tertiary/aromatic N) is 2. The average molecular weight is 617 g/mol. The van der Waals surface area contributed by atoms with Gasteiger partial charge in [0, 0.05) is 16.5 Å². The monoisotopic (exact) mass is 616 g/mol. The molecule has 0 aliphatic heterocycles. The Kier molecular flexibility index (Phi) is 7.22. The summed E-state index contributed by atoms with van der Waals surface area (Å²) in [6.07, 6.45) is 6.26. The zero-order valence-electron chi connectivity index (χ0n) is 27.5. The maximum atomic E-state index is 5.20. The summed E-state index contributed by atoms with van der Waals surface area (Å²) in [5, 5.41) is 4.85. The van der Waals surface area contributed by atoms with Crippen LogP contribution in [-0.4, -0.2) is 9.97 Å². The van der Waals surface area contributed by atoms with E-state index in [1.54, 1.807) is 0 Å². The molecular weight excluding hydrogens is 581 g/mol. The van der Waals surface area contributed by atoms with Gasteiger partial charge in [-0.15, -0.1) is 0 Å². The van der Waals surface area contributed by atoms with Crippen LogP contribution in [0, 0.1) is 0 Å². The van der Waals surface area contributed by atoms with Crippen LogP contribution in [0.2, 0.25) is 0 Å². The Balaban J connectivity index is 1.34. The number of hydrogen-bond acceptors (Lipinski definition) is 2. The van der Waals surface area contributed by atoms with Crippen LogP contribution in [0.5, 0.6) is 0 Å². The van der Waals surface area contributed by atoms with E-state index in [1.807, 2.05) is 12.1 Å². The van der Waals surface area contributed by atoms with Crippen molar-refractivity contribution in [3.63, 3.8) is 0 Å². The number of fused-ring (bicyclic) bond motifs is 5. The van der Waals surface area contributed by atoms with Gasteiger partial charge >= 0.3 is 0 Å². The molecule has 230 valence electrons. The van der Waals surface area contributed by atoms with E-state index in [0.717, 1.165) is 33.7 Å². The minimum atomic E-state index is -0.120. The molecule has 0 fully saturated rings. The van der Waals surface area contributed by atoms with Gasteiger partial charge in [-0.25, -0.2) is 9.97 Å². The highest BCUT2D eigenvalue weighted by atomic mass is 14.9. The van der Waals surface area contributed by atoms with Gasteiger partial charge < -0.3 is 0 Å². The van der Waals surface area contributed by atoms with Gasteiger partial charge in [-0.1, -0.05) is 148 Å². The van der Waals surface area contributed by atoms with Crippen LogP contribution in [0.15, 0.2) is 158 Å². The zero-order chi connectivity index (χ0) is 32.8. The fourth-order valence-electron chi connectivity index (χ4n) is 7.32. The van der Waals surface area contributed by atoms with Crippen molar-refractivity contribution in [2.75, 3.05) is 0 Å². The van der Waals surface area contributed by atoms with E-state index in [2.05, 4.69) is 167 Å². The summed E-state index contributed by atoms with van der Waals surface area (Å²) in [5.41, 5.74) is 12.4. The van der Waals surface area contributed by atoms with E-state index in [9.17, 15) is 0 Å². The van der Waals surface area contributed by atoms with Gasteiger partial charge in [-0.3, -0.25) is 0 Å². The molecule has 0 N–H and O–H groups in total. The minimum Gasteiger partial charge on any atom is -0.228 e. The summed E-state index contributed by atoms with van der Waals surface area (Å²) in [7, 11) is 0. The van der Waals surface area contributed by atoms with E-state index in [4.69, 9.17) is 9.97 Å². The molecule has 0 spiro atoms. The molecule has 0 saturated heterocycles. The van der Waals surface area contributed by atoms with Crippen molar-refractivity contribution < 1.29 is 0 Å². The predicted molar refractivity (Wildman–Crippen MR) is 204 cm³/mol. The Morgan fingerprint density at radius 3 is 2.08 bits per heavy atom. The Bertz CT molecular complexity index is 2440. The second kappa shape index (κ2) is 11.7. The molecule has 0 unspecified atom stereocenters. The summed E-state index contributed by atoms with van der Waals surface area (Å²) in [5.74, 6) is 0.701. The third-order valence-electron chi connectivity index (χ3n) is 9.74. The molecule has 48 heavy (non-hydrogen) atoms. The fourth-order valence-corrected chi connectivity index (χ4v) is 7.32. The molecule has 0 radical (unpaired) electrons. The fraction of sp³-hybridized carbons (Fsp3) is 0.0870. The maximum absolute atomic E-state index is 5.20. The number of aromatic nitrogens is 2. The predicted octanol–water partition coefficient (Wildman–Crippen LogP) is 12.1. The first-order chi connectivity index (χ1) is 23.4. The third-order valence-corrected chi connectivity index (χ3v) is 9.74. The van der Waals surface area contributed by atoms with E-state index >= 15 is 0 Å². The molecule has 1 aromatic heterocycles. The summed E-state index contributed by atoms with van der Waals surface area (Å²) in [6.45, 7) is 10.9. The molecule has 6 aromatic carbocycles. The molecule has 1 aliphatic carbocycles. The molecule has 0 saturated carbocycles. The van der Waals surface area contributed by atoms with Gasteiger partial charge in [0.2, 0.25) is 0 Å². The van der Waals surface area contributed by atoms with Crippen LogP contribution in [0.1, 0.15) is 43.3 Å². The maximum Gasteiger partial charge on any atom is 0.156 e. The third kappa shape index (κ3) is 4.98. The molecular formula is C46H36N2. The molecule has 0 amide bonds. The Hall–Kier alpha value is -5.86. The lowest BCUT2D eigenvalue weighted by atomic mass is 9.80. The zero-order valence-corrected chi connectivity index (χ0v) is 27.5. The van der Waals surface area contributed by atoms with Crippen molar-refractivity contribution in [3.05, 3.63) is 181 Å². The standard InChI is InChI=1S/C46H36N2/c1-5-15-36(43-37-21-12-11-20-34(37)28-40-44(43)38-22-13-14-23-39(38)46(40,3)4)26-30(2)45-47-41(32-17-7-6-8-18-32)29-42(48-45)35-25-24-31-16-9-10-19-33(31)27-35/h5-29H,1H2,2-4H3/b30-26+,36-15+. The summed E-state index contributed by atoms with van der Waals surface area (Å²) < 4.78 is 0. The van der Waals surface area contributed by atoms with Gasteiger partial charge in [0.05, 0.1) is 11.4 Å². The molecule has 2 heteroatoms. The van der Waals surface area contributed by atoms with Gasteiger partial charge in [0.25, 0.3) is 0 Å². The van der Waals surface area contributed by atoms with E-state index in [-0.39, 0.29) is 5.41 Å². The first kappa shape index (κ1) is 29.5. The molecule has 7 aromatic rings. The molecule has 0 atom stereocenters. The van der Waals surface area contributed by atoms with Gasteiger partial charge in [-0.05, 0) is 91.7 Å². The van der Waals surface area contributed by atoms with Crippen molar-refractivity contribution in [2.24, 2.45) is 0 Å². The van der Waals surface area contributed by atoms with Crippen molar-refractivity contribution in [1.29, 1.82) is 0 Å². The van der Waals surface area contributed by atoms with Gasteiger partial charge in [0.1, 0.15) is 0 Å². The Morgan fingerprint density at radius 2 is 1.29 bits per heavy atom. The lowest BCUT2D eigenvalue weighted by Crippen LogP contribution is -2.15. The van der Waals surface area contributed by atoms with Gasteiger partial charge in [0.15, 0.2) is 5.82 Å². The quantitative estimate of drug-likeness (QED) is 0.174. The Labute approximate surface area is 282 Å². The van der Waals surface area contributed by atoms with Gasteiger partial charge in [-0.2, -0.15) is 0 Å². The Morgan fingerprint density at radius 1 is 0.625 bits per heavy atom. The van der Waals surface area contributed by atoms with E-state index in [0.29, 0.717) is 5.82 Å². The van der Waals surface area contributed by atoms with Crippen molar-refractivity contribution in [2.45, 2.75) is 26.2 Å². The molecule has 0 bridgehead atoms. The number of rotatable bonds is 6. The number of hydrogen-bond donors (Lipinski definition) is 0. The second-order valence-electron chi connectivity index (χ2n) is 13.1. The first-order valence-corrected chi connectivity index (χ1v) is 16.5. The second-order valence-corrected chi connectivity index (χ2v) is 13.1. The normalized spacial score (nSPS) is 13.8. The molecule has 1 aliphatic rings. The highest BCUT2D eigenvalue weighted by Gasteiger charge is 2.37. The highest BCUT2D eigenvalue weighted by Crippen LogP contribution is 2.53. The highest BCUT2D eigenvalue weighted by molar-refractivity contribution is 6.07. The van der Waals surface area contributed by atoms with Crippen LogP contribution >= 0.6 is 0 Å². The lowest BCUT2D eigenvalue weighted by Gasteiger charge is -2.23. The average Bonchev–Trinajstić information content (AvgIpc) is 3.36. The van der Waals surface area contributed by atoms with Crippen molar-refractivity contribution in [3.8, 4) is 33.6 Å². The lowest BCUT2D eigenvalue weighted by molar-refractivity contribution is 0.661. The SMILES string of the molecule is C=C/C=C(\C=C(/C)c1nc(-c2ccccc2)cc(-c2ccc3ccccc3c2)n1)c1c2c(cc3ccccc13)C(C)(C)c1ccccc1-2. The summed E-state index contributed by atoms with van der Waals surface area (Å²) >= 11 is 0. The van der Waals surface area contributed by atoms with Crippen LogP contribution in [0.4, 0.5) is 0 Å². The summed E-state index contributed by atoms with van der Waals surface area (Å²) in [6, 6.07) is 47.4.